The van der Waals surface area contributed by atoms with E-state index in [4.69, 9.17) is 9.47 Å². The molecule has 4 rings (SSSR count). The van der Waals surface area contributed by atoms with Crippen LogP contribution in [0.2, 0.25) is 0 Å². The van der Waals surface area contributed by atoms with Crippen LogP contribution in [0.1, 0.15) is 18.4 Å². The average molecular weight is 346 g/mol. The Bertz CT molecular complexity index is 835. The van der Waals surface area contributed by atoms with Gasteiger partial charge in [-0.1, -0.05) is 0 Å². The van der Waals surface area contributed by atoms with Crippen molar-refractivity contribution in [3.63, 3.8) is 0 Å². The molecule has 1 aliphatic heterocycles. The van der Waals surface area contributed by atoms with Crippen molar-refractivity contribution >= 4 is 10.0 Å². The lowest BCUT2D eigenvalue weighted by Gasteiger charge is -2.24. The molecule has 0 saturated heterocycles. The highest BCUT2D eigenvalue weighted by atomic mass is 32.2. The van der Waals surface area contributed by atoms with Crippen LogP contribution in [0.5, 0.6) is 11.5 Å². The van der Waals surface area contributed by atoms with Gasteiger partial charge in [-0.05, 0) is 42.7 Å². The maximum absolute atomic E-state index is 13.1. The number of nitrogens with zero attached hydrogens (tertiary/aromatic N) is 2. The Morgan fingerprint density at radius 1 is 1.04 bits per heavy atom. The Morgan fingerprint density at radius 3 is 2.46 bits per heavy atom. The van der Waals surface area contributed by atoms with Crippen LogP contribution < -0.4 is 9.47 Å². The van der Waals surface area contributed by atoms with Gasteiger partial charge in [0, 0.05) is 31.0 Å². The molecule has 0 N–H and O–H groups in total. The van der Waals surface area contributed by atoms with Gasteiger partial charge in [-0.25, -0.2) is 8.42 Å². The first-order valence-corrected chi connectivity index (χ1v) is 9.39. The molecule has 2 heterocycles. The Balaban J connectivity index is 1.66. The first kappa shape index (κ1) is 15.4. The summed E-state index contributed by atoms with van der Waals surface area (Å²) in [5.74, 6) is 1.08. The fourth-order valence-electron chi connectivity index (χ4n) is 2.76. The van der Waals surface area contributed by atoms with Gasteiger partial charge in [0.1, 0.15) is 13.2 Å². The third-order valence-corrected chi connectivity index (χ3v) is 6.06. The van der Waals surface area contributed by atoms with Gasteiger partial charge in [0.25, 0.3) is 0 Å². The molecule has 7 heteroatoms. The van der Waals surface area contributed by atoms with E-state index in [1.54, 1.807) is 34.9 Å². The van der Waals surface area contributed by atoms with Crippen LogP contribution in [0.4, 0.5) is 0 Å². The summed E-state index contributed by atoms with van der Waals surface area (Å²) in [7, 11) is -3.59. The molecule has 0 bridgehead atoms. The first-order chi connectivity index (χ1) is 11.6. The van der Waals surface area contributed by atoms with Crippen LogP contribution in [0.15, 0.2) is 47.6 Å². The highest BCUT2D eigenvalue weighted by Crippen LogP contribution is 2.37. The molecule has 1 saturated carbocycles. The fourth-order valence-corrected chi connectivity index (χ4v) is 4.45. The summed E-state index contributed by atoms with van der Waals surface area (Å²) in [5.41, 5.74) is 0.929. The minimum Gasteiger partial charge on any atom is -0.486 e. The summed E-state index contributed by atoms with van der Waals surface area (Å²) in [6.45, 7) is 1.26. The average Bonchev–Trinajstić information content (AvgIpc) is 3.45. The molecule has 2 aromatic rings. The van der Waals surface area contributed by atoms with Gasteiger partial charge < -0.3 is 9.47 Å². The smallest absolute Gasteiger partial charge is 0.243 e. The van der Waals surface area contributed by atoms with E-state index in [1.807, 2.05) is 12.1 Å². The van der Waals surface area contributed by atoms with Gasteiger partial charge in [-0.2, -0.15) is 4.31 Å². The Hall–Kier alpha value is -2.12. The number of benzene rings is 1. The van der Waals surface area contributed by atoms with E-state index in [0.29, 0.717) is 31.3 Å². The highest BCUT2D eigenvalue weighted by Gasteiger charge is 2.38. The second-order valence-corrected chi connectivity index (χ2v) is 7.83. The molecule has 0 radical (unpaired) electrons. The minimum absolute atomic E-state index is 0.0661. The topological polar surface area (TPSA) is 68.7 Å². The predicted octanol–water partition coefficient (Wildman–Crippen LogP) is 2.21. The van der Waals surface area contributed by atoms with Gasteiger partial charge in [-0.15, -0.1) is 0 Å². The van der Waals surface area contributed by atoms with Crippen LogP contribution in [0, 0.1) is 0 Å². The Kier molecular flexibility index (Phi) is 3.90. The number of hydrogen-bond donors (Lipinski definition) is 0. The van der Waals surface area contributed by atoms with Gasteiger partial charge >= 0.3 is 0 Å². The van der Waals surface area contributed by atoms with E-state index in [1.165, 1.54) is 0 Å². The Morgan fingerprint density at radius 2 is 1.75 bits per heavy atom. The van der Waals surface area contributed by atoms with E-state index in [9.17, 15) is 8.42 Å². The highest BCUT2D eigenvalue weighted by molar-refractivity contribution is 7.89. The third-order valence-electron chi connectivity index (χ3n) is 4.16. The largest absolute Gasteiger partial charge is 0.486 e. The third kappa shape index (κ3) is 2.97. The maximum atomic E-state index is 13.1. The van der Waals surface area contributed by atoms with Crippen molar-refractivity contribution in [2.45, 2.75) is 30.3 Å². The van der Waals surface area contributed by atoms with Gasteiger partial charge in [0.05, 0.1) is 4.90 Å². The molecule has 0 amide bonds. The monoisotopic (exact) mass is 346 g/mol. The second-order valence-electron chi connectivity index (χ2n) is 5.94. The molecule has 1 aliphatic carbocycles. The number of rotatable bonds is 5. The molecule has 24 heavy (non-hydrogen) atoms. The van der Waals surface area contributed by atoms with E-state index < -0.39 is 10.0 Å². The van der Waals surface area contributed by atoms with Crippen molar-refractivity contribution in [1.82, 2.24) is 9.29 Å². The minimum atomic E-state index is -3.59. The van der Waals surface area contributed by atoms with Crippen molar-refractivity contribution in [3.8, 4) is 11.5 Å². The van der Waals surface area contributed by atoms with Crippen LogP contribution in [0.3, 0.4) is 0 Å². The normalized spacial score (nSPS) is 17.0. The lowest BCUT2D eigenvalue weighted by molar-refractivity contribution is 0.171. The van der Waals surface area contributed by atoms with Crippen molar-refractivity contribution in [1.29, 1.82) is 0 Å². The quantitative estimate of drug-likeness (QED) is 0.830. The SMILES string of the molecule is O=S(=O)(c1ccc2c(c1)OCCO2)N(Cc1ccncc1)C1CC1. The number of fused-ring (bicyclic) bond motifs is 1. The van der Waals surface area contributed by atoms with Crippen LogP contribution in [-0.2, 0) is 16.6 Å². The molecule has 0 spiro atoms. The number of sulfonamides is 1. The summed E-state index contributed by atoms with van der Waals surface area (Å²) in [6, 6.07) is 8.56. The Labute approximate surface area is 141 Å². The molecule has 1 fully saturated rings. The molecule has 0 atom stereocenters. The van der Waals surface area contributed by atoms with Gasteiger partial charge in [-0.3, -0.25) is 4.98 Å². The predicted molar refractivity (Wildman–Crippen MR) is 87.4 cm³/mol. The van der Waals surface area contributed by atoms with Gasteiger partial charge in [0.15, 0.2) is 11.5 Å². The molecular weight excluding hydrogens is 328 g/mol. The summed E-state index contributed by atoms with van der Waals surface area (Å²) in [5, 5.41) is 0. The zero-order valence-electron chi connectivity index (χ0n) is 13.1. The first-order valence-electron chi connectivity index (χ1n) is 7.95. The van der Waals surface area contributed by atoms with Gasteiger partial charge in [0.2, 0.25) is 10.0 Å². The number of aromatic nitrogens is 1. The number of pyridine rings is 1. The van der Waals surface area contributed by atoms with Crippen LogP contribution >= 0.6 is 0 Å². The summed E-state index contributed by atoms with van der Waals surface area (Å²) in [4.78, 5) is 4.23. The van der Waals surface area contributed by atoms with E-state index in [0.717, 1.165) is 18.4 Å². The molecule has 1 aromatic carbocycles. The summed E-state index contributed by atoms with van der Waals surface area (Å²) >= 11 is 0. The van der Waals surface area contributed by atoms with Crippen LogP contribution in [0.25, 0.3) is 0 Å². The fraction of sp³-hybridized carbons (Fsp3) is 0.353. The standard InChI is InChI=1S/C17H18N2O4S/c20-24(21,15-3-4-16-17(11-15)23-10-9-22-16)19(14-1-2-14)12-13-5-7-18-8-6-13/h3-8,11,14H,1-2,9-10,12H2. The second kappa shape index (κ2) is 6.07. The lowest BCUT2D eigenvalue weighted by Crippen LogP contribution is -2.32. The van der Waals surface area contributed by atoms with Crippen molar-refractivity contribution in [3.05, 3.63) is 48.3 Å². The van der Waals surface area contributed by atoms with Crippen molar-refractivity contribution in [2.75, 3.05) is 13.2 Å². The number of ether oxygens (including phenoxy) is 2. The maximum Gasteiger partial charge on any atom is 0.243 e. The van der Waals surface area contributed by atoms with Crippen molar-refractivity contribution in [2.24, 2.45) is 0 Å². The summed E-state index contributed by atoms with van der Waals surface area (Å²) in [6.07, 6.45) is 5.15. The lowest BCUT2D eigenvalue weighted by atomic mass is 10.3. The molecular formula is C17H18N2O4S. The van der Waals surface area contributed by atoms with Crippen molar-refractivity contribution < 1.29 is 17.9 Å². The molecule has 1 aromatic heterocycles. The van der Waals surface area contributed by atoms with Crippen LogP contribution in [-0.4, -0.2) is 37.0 Å². The molecule has 0 unspecified atom stereocenters. The van der Waals surface area contributed by atoms with E-state index in [2.05, 4.69) is 4.98 Å². The molecule has 2 aliphatic rings. The van der Waals surface area contributed by atoms with E-state index in [-0.39, 0.29) is 10.9 Å². The molecule has 126 valence electrons. The zero-order chi connectivity index (χ0) is 16.6. The zero-order valence-corrected chi connectivity index (χ0v) is 13.9. The number of hydrogen-bond acceptors (Lipinski definition) is 5. The van der Waals surface area contributed by atoms with E-state index >= 15 is 0 Å². The summed E-state index contributed by atoms with van der Waals surface area (Å²) < 4.78 is 38.8. The molecule has 6 nitrogen and oxygen atoms in total.